The molecule has 0 aliphatic carbocycles. The molecule has 7 nitrogen and oxygen atoms in total. The Balaban J connectivity index is 1.40. The predicted molar refractivity (Wildman–Crippen MR) is 96.4 cm³/mol. The number of carbonyl (C=O) groups excluding carboxylic acids is 1. The summed E-state index contributed by atoms with van der Waals surface area (Å²) < 4.78 is 11.1. The summed E-state index contributed by atoms with van der Waals surface area (Å²) in [5, 5.41) is 10.3. The number of carbonyl (C=O) groups is 1. The topological polar surface area (TPSA) is 88.7 Å². The van der Waals surface area contributed by atoms with Gasteiger partial charge in [-0.1, -0.05) is 18.2 Å². The summed E-state index contributed by atoms with van der Waals surface area (Å²) in [6.45, 7) is 0.700. The van der Waals surface area contributed by atoms with Crippen LogP contribution in [0.1, 0.15) is 16.2 Å². The van der Waals surface area contributed by atoms with Crippen LogP contribution in [0.3, 0.4) is 0 Å². The first kappa shape index (κ1) is 17.2. The number of para-hydroxylation sites is 1. The van der Waals surface area contributed by atoms with Crippen LogP contribution in [0, 0.1) is 5.92 Å². The summed E-state index contributed by atoms with van der Waals surface area (Å²) in [5.41, 5.74) is 0.799. The Morgan fingerprint density at radius 1 is 1.19 bits per heavy atom. The van der Waals surface area contributed by atoms with Gasteiger partial charge in [0.15, 0.2) is 5.76 Å². The van der Waals surface area contributed by atoms with Crippen LogP contribution < -0.4 is 4.74 Å². The molecule has 3 aromatic rings. The van der Waals surface area contributed by atoms with E-state index >= 15 is 0 Å². The van der Waals surface area contributed by atoms with E-state index in [-0.39, 0.29) is 30.1 Å². The number of rotatable bonds is 5. The molecule has 7 heteroatoms. The van der Waals surface area contributed by atoms with Gasteiger partial charge in [0.1, 0.15) is 5.75 Å². The lowest BCUT2D eigenvalue weighted by Crippen LogP contribution is -2.29. The van der Waals surface area contributed by atoms with Crippen LogP contribution in [0.15, 0.2) is 65.5 Å². The highest BCUT2D eigenvalue weighted by molar-refractivity contribution is 5.91. The summed E-state index contributed by atoms with van der Waals surface area (Å²) in [6, 6.07) is 12.4. The minimum atomic E-state index is -0.606. The lowest BCUT2D eigenvalue weighted by Gasteiger charge is -2.14. The van der Waals surface area contributed by atoms with Gasteiger partial charge in [-0.25, -0.2) is 0 Å². The molecular formula is C20H19N3O4. The second-order valence-corrected chi connectivity index (χ2v) is 6.47. The van der Waals surface area contributed by atoms with Gasteiger partial charge in [0.25, 0.3) is 11.9 Å². The fourth-order valence-corrected chi connectivity index (χ4v) is 3.18. The number of benzene rings is 1. The van der Waals surface area contributed by atoms with E-state index in [2.05, 4.69) is 9.97 Å². The van der Waals surface area contributed by atoms with Crippen molar-refractivity contribution in [3.63, 3.8) is 0 Å². The fourth-order valence-electron chi connectivity index (χ4n) is 3.18. The van der Waals surface area contributed by atoms with E-state index in [1.165, 1.54) is 0 Å². The van der Waals surface area contributed by atoms with Gasteiger partial charge in [0.05, 0.1) is 11.8 Å². The minimum absolute atomic E-state index is 0.0827. The van der Waals surface area contributed by atoms with Crippen LogP contribution in [0.5, 0.6) is 11.7 Å². The van der Waals surface area contributed by atoms with Gasteiger partial charge < -0.3 is 19.2 Å². The van der Waals surface area contributed by atoms with E-state index in [0.29, 0.717) is 18.7 Å². The number of hydrogen-bond acceptors (Lipinski definition) is 6. The number of aliphatic hydroxyl groups is 1. The monoisotopic (exact) mass is 365 g/mol. The Morgan fingerprint density at radius 2 is 2.04 bits per heavy atom. The number of aromatic nitrogens is 2. The molecule has 0 radical (unpaired) electrons. The number of amides is 1. The summed E-state index contributed by atoms with van der Waals surface area (Å²) >= 11 is 0. The highest BCUT2D eigenvalue weighted by atomic mass is 16.6. The molecule has 1 aliphatic rings. The van der Waals surface area contributed by atoms with E-state index in [0.717, 1.165) is 5.69 Å². The fraction of sp³-hybridized carbons (Fsp3) is 0.250. The quantitative estimate of drug-likeness (QED) is 0.747. The third-order valence-electron chi connectivity index (χ3n) is 4.54. The minimum Gasteiger partial charge on any atom is -0.426 e. The van der Waals surface area contributed by atoms with Gasteiger partial charge in [0.2, 0.25) is 0 Å². The Hall–Kier alpha value is -3.19. The third kappa shape index (κ3) is 3.98. The molecule has 3 heterocycles. The highest BCUT2D eigenvalue weighted by Crippen LogP contribution is 2.26. The zero-order chi connectivity index (χ0) is 18.6. The number of hydrogen-bond donors (Lipinski definition) is 1. The molecule has 4 rings (SSSR count). The maximum atomic E-state index is 12.7. The molecular weight excluding hydrogens is 346 g/mol. The number of β-amino-alcohol motifs (C(OH)–C–C–N with tert-alkyl or cyclic N) is 1. The van der Waals surface area contributed by atoms with Gasteiger partial charge in [-0.3, -0.25) is 14.8 Å². The summed E-state index contributed by atoms with van der Waals surface area (Å²) in [7, 11) is 0. The average Bonchev–Trinajstić information content (AvgIpc) is 3.30. The first-order valence-electron chi connectivity index (χ1n) is 8.74. The van der Waals surface area contributed by atoms with E-state index in [4.69, 9.17) is 9.15 Å². The summed E-state index contributed by atoms with van der Waals surface area (Å²) in [6.07, 6.45) is 4.87. The second kappa shape index (κ2) is 7.59. The Kier molecular flexibility index (Phi) is 4.84. The van der Waals surface area contributed by atoms with E-state index in [1.54, 1.807) is 47.8 Å². The molecule has 1 aromatic carbocycles. The summed E-state index contributed by atoms with van der Waals surface area (Å²) in [5.74, 6) is 0.722. The molecule has 1 aliphatic heterocycles. The van der Waals surface area contributed by atoms with Crippen LogP contribution in [0.4, 0.5) is 0 Å². The molecule has 0 unspecified atom stereocenters. The number of ether oxygens (including phenoxy) is 1. The van der Waals surface area contributed by atoms with Crippen molar-refractivity contribution in [3.05, 3.63) is 72.5 Å². The molecule has 1 fully saturated rings. The Bertz CT molecular complexity index is 898. The Labute approximate surface area is 156 Å². The van der Waals surface area contributed by atoms with E-state index < -0.39 is 6.10 Å². The molecule has 2 aromatic heterocycles. The smallest absolute Gasteiger partial charge is 0.290 e. The molecule has 0 spiro atoms. The molecule has 1 N–H and O–H groups in total. The molecule has 27 heavy (non-hydrogen) atoms. The van der Waals surface area contributed by atoms with Gasteiger partial charge in [-0.05, 0) is 24.6 Å². The van der Waals surface area contributed by atoms with Gasteiger partial charge in [-0.15, -0.1) is 0 Å². The van der Waals surface area contributed by atoms with Crippen molar-refractivity contribution in [1.29, 1.82) is 0 Å². The number of likely N-dealkylation sites (tertiary alicyclic amines) is 1. The third-order valence-corrected chi connectivity index (χ3v) is 4.54. The van der Waals surface area contributed by atoms with Crippen molar-refractivity contribution < 1.29 is 19.1 Å². The number of aliphatic hydroxyl groups excluding tert-OH is 1. The lowest BCUT2D eigenvalue weighted by molar-refractivity contribution is 0.0728. The van der Waals surface area contributed by atoms with Gasteiger partial charge in [-0.2, -0.15) is 0 Å². The predicted octanol–water partition coefficient (Wildman–Crippen LogP) is 2.54. The highest BCUT2D eigenvalue weighted by Gasteiger charge is 2.35. The maximum absolute atomic E-state index is 12.7. The number of furan rings is 1. The van der Waals surface area contributed by atoms with Gasteiger partial charge in [0, 0.05) is 43.7 Å². The van der Waals surface area contributed by atoms with E-state index in [1.807, 2.05) is 18.2 Å². The maximum Gasteiger partial charge on any atom is 0.290 e. The first-order chi connectivity index (χ1) is 13.2. The first-order valence-corrected chi connectivity index (χ1v) is 8.74. The van der Waals surface area contributed by atoms with Crippen LogP contribution >= 0.6 is 0 Å². The molecule has 2 atom stereocenters. The van der Waals surface area contributed by atoms with E-state index in [9.17, 15) is 9.90 Å². The van der Waals surface area contributed by atoms with Crippen LogP contribution in [0.25, 0.3) is 0 Å². The largest absolute Gasteiger partial charge is 0.426 e. The van der Waals surface area contributed by atoms with Crippen molar-refractivity contribution in [2.45, 2.75) is 12.5 Å². The SMILES string of the molecule is O=C(c1ccc(Oc2ccccc2)o1)N1C[C@@H](Cc2cnccn2)[C@H](O)C1. The van der Waals surface area contributed by atoms with Crippen LogP contribution in [-0.4, -0.2) is 45.1 Å². The zero-order valence-corrected chi connectivity index (χ0v) is 14.6. The normalized spacial score (nSPS) is 19.2. The number of nitrogens with zero attached hydrogens (tertiary/aromatic N) is 3. The second-order valence-electron chi connectivity index (χ2n) is 6.47. The van der Waals surface area contributed by atoms with Crippen molar-refractivity contribution in [3.8, 4) is 11.7 Å². The molecule has 0 bridgehead atoms. The molecule has 1 saturated heterocycles. The zero-order valence-electron chi connectivity index (χ0n) is 14.6. The summed E-state index contributed by atoms with van der Waals surface area (Å²) in [4.78, 5) is 22.6. The van der Waals surface area contributed by atoms with Crippen molar-refractivity contribution in [1.82, 2.24) is 14.9 Å². The molecule has 0 saturated carbocycles. The van der Waals surface area contributed by atoms with Crippen molar-refractivity contribution in [2.24, 2.45) is 5.92 Å². The van der Waals surface area contributed by atoms with Crippen molar-refractivity contribution in [2.75, 3.05) is 13.1 Å². The van der Waals surface area contributed by atoms with Crippen molar-refractivity contribution >= 4 is 5.91 Å². The standard InChI is InChI=1S/C20H19N3O4/c24-17-13-23(12-14(17)10-15-11-21-8-9-22-15)20(25)18-6-7-19(27-18)26-16-4-2-1-3-5-16/h1-9,11,14,17,24H,10,12-13H2/t14-,17-/m1/s1. The van der Waals surface area contributed by atoms with Crippen LogP contribution in [-0.2, 0) is 6.42 Å². The molecule has 138 valence electrons. The molecule has 1 amide bonds. The lowest BCUT2D eigenvalue weighted by atomic mass is 10.0. The Morgan fingerprint density at radius 3 is 2.81 bits per heavy atom. The van der Waals surface area contributed by atoms with Crippen LogP contribution in [0.2, 0.25) is 0 Å². The van der Waals surface area contributed by atoms with Gasteiger partial charge >= 0.3 is 0 Å². The average molecular weight is 365 g/mol.